The van der Waals surface area contributed by atoms with Gasteiger partial charge in [-0.15, -0.1) is 0 Å². The Hall–Kier alpha value is -3.19. The van der Waals surface area contributed by atoms with Crippen LogP contribution in [0.3, 0.4) is 0 Å². The standard InChI is InChI=1S/C27H37Cl2N9O3/c1-3-18-14-37(27-23(29)34-22(26(32)41)24(30)35-27)10-11-38(18)19-6-8-36(9-7-19)13-16-4-5-17(28)12-20(16)21(25(31)40)33-15(2)39/h4-5,12,18-19,21H,3,6-11,13-14H2,1-2H3,(H2,30,35)(H2,31,40)(H2,32,41)(H,33,39)/t18-,21?/m0/s1. The number of likely N-dealkylation sites (tertiary alicyclic amines) is 1. The molecule has 0 radical (unpaired) electrons. The number of anilines is 2. The largest absolute Gasteiger partial charge is 0.382 e. The number of nitrogens with one attached hydrogen (secondary N) is 1. The molecule has 3 heterocycles. The van der Waals surface area contributed by atoms with Crippen molar-refractivity contribution in [3.8, 4) is 0 Å². The summed E-state index contributed by atoms with van der Waals surface area (Å²) in [7, 11) is 0. The number of hydrogen-bond donors (Lipinski definition) is 4. The molecule has 2 aliphatic heterocycles. The van der Waals surface area contributed by atoms with E-state index in [1.165, 1.54) is 6.92 Å². The maximum Gasteiger partial charge on any atom is 0.271 e. The van der Waals surface area contributed by atoms with Gasteiger partial charge in [-0.05, 0) is 55.6 Å². The predicted octanol–water partition coefficient (Wildman–Crippen LogP) is 1.69. The van der Waals surface area contributed by atoms with Crippen LogP contribution >= 0.6 is 23.2 Å². The van der Waals surface area contributed by atoms with Crippen molar-refractivity contribution in [2.45, 2.75) is 57.8 Å². The molecule has 14 heteroatoms. The molecule has 2 atom stereocenters. The van der Waals surface area contributed by atoms with Crippen LogP contribution in [-0.2, 0) is 16.1 Å². The molecule has 12 nitrogen and oxygen atoms in total. The van der Waals surface area contributed by atoms with Crippen molar-refractivity contribution in [3.63, 3.8) is 0 Å². The lowest BCUT2D eigenvalue weighted by molar-refractivity contribution is -0.126. The summed E-state index contributed by atoms with van der Waals surface area (Å²) in [5.74, 6) is -1.30. The fourth-order valence-corrected chi connectivity index (χ4v) is 6.27. The van der Waals surface area contributed by atoms with E-state index < -0.39 is 17.9 Å². The Morgan fingerprint density at radius 1 is 1.10 bits per heavy atom. The normalized spacial score (nSPS) is 19.6. The van der Waals surface area contributed by atoms with Crippen LogP contribution in [0.1, 0.15) is 60.8 Å². The summed E-state index contributed by atoms with van der Waals surface area (Å²) in [4.78, 5) is 50.9. The van der Waals surface area contributed by atoms with Gasteiger partial charge in [0.2, 0.25) is 11.8 Å². The molecule has 3 amide bonds. The van der Waals surface area contributed by atoms with Gasteiger partial charge in [0, 0.05) is 50.2 Å². The lowest BCUT2D eigenvalue weighted by atomic mass is 9.96. The number of rotatable bonds is 9. The molecule has 0 bridgehead atoms. The third-order valence-corrected chi connectivity index (χ3v) is 8.36. The van der Waals surface area contributed by atoms with Gasteiger partial charge in [0.1, 0.15) is 6.04 Å². The van der Waals surface area contributed by atoms with E-state index in [-0.39, 0.29) is 28.6 Å². The Labute approximate surface area is 249 Å². The average molecular weight is 607 g/mol. The van der Waals surface area contributed by atoms with Crippen molar-refractivity contribution >= 4 is 52.6 Å². The van der Waals surface area contributed by atoms with Gasteiger partial charge in [0.15, 0.2) is 22.5 Å². The minimum atomic E-state index is -0.944. The molecule has 1 aromatic heterocycles. The van der Waals surface area contributed by atoms with Crippen LogP contribution in [0.5, 0.6) is 0 Å². The second-order valence-corrected chi connectivity index (χ2v) is 11.4. The number of piperidine rings is 1. The summed E-state index contributed by atoms with van der Waals surface area (Å²) in [5, 5.41) is 3.23. The average Bonchev–Trinajstić information content (AvgIpc) is 2.93. The third-order valence-electron chi connectivity index (χ3n) is 7.87. The second-order valence-electron chi connectivity index (χ2n) is 10.6. The van der Waals surface area contributed by atoms with E-state index in [2.05, 4.69) is 36.9 Å². The van der Waals surface area contributed by atoms with Gasteiger partial charge in [0.25, 0.3) is 5.91 Å². The Morgan fingerprint density at radius 2 is 1.80 bits per heavy atom. The Bertz CT molecular complexity index is 1300. The number of hydrogen-bond acceptors (Lipinski definition) is 9. The number of primary amides is 2. The van der Waals surface area contributed by atoms with Gasteiger partial charge in [-0.25, -0.2) is 9.97 Å². The molecule has 4 rings (SSSR count). The molecule has 2 aliphatic rings. The SMILES string of the molecule is CC[C@H]1CN(c2nc(N)c(C(N)=O)nc2Cl)CCN1C1CCN(Cc2ccc(Cl)cc2C(NC(C)=O)C(N)=O)CC1. The Balaban J connectivity index is 1.40. The van der Waals surface area contributed by atoms with E-state index in [0.29, 0.717) is 42.1 Å². The number of carbonyl (C=O) groups excluding carboxylic acids is 3. The first-order valence-electron chi connectivity index (χ1n) is 13.7. The number of nitrogens with two attached hydrogens (primary N) is 3. The zero-order chi connectivity index (χ0) is 29.8. The van der Waals surface area contributed by atoms with E-state index >= 15 is 0 Å². The summed E-state index contributed by atoms with van der Waals surface area (Å²) >= 11 is 12.6. The summed E-state index contributed by atoms with van der Waals surface area (Å²) in [6.45, 7) is 8.15. The summed E-state index contributed by atoms with van der Waals surface area (Å²) in [6.07, 6.45) is 2.93. The summed E-state index contributed by atoms with van der Waals surface area (Å²) in [6, 6.07) is 5.14. The van der Waals surface area contributed by atoms with E-state index in [1.807, 2.05) is 6.07 Å². The lowest BCUT2D eigenvalue weighted by Gasteiger charge is -2.47. The van der Waals surface area contributed by atoms with Gasteiger partial charge in [0.05, 0.1) is 0 Å². The minimum Gasteiger partial charge on any atom is -0.382 e. The summed E-state index contributed by atoms with van der Waals surface area (Å²) in [5.41, 5.74) is 18.3. The lowest BCUT2D eigenvalue weighted by Crippen LogP contribution is -2.58. The van der Waals surface area contributed by atoms with Crippen molar-refractivity contribution in [1.82, 2.24) is 25.1 Å². The molecule has 222 valence electrons. The van der Waals surface area contributed by atoms with E-state index in [1.54, 1.807) is 12.1 Å². The molecule has 2 fully saturated rings. The number of nitrogen functional groups attached to an aromatic ring is 1. The topological polar surface area (TPSA) is 177 Å². The number of carbonyl (C=O) groups is 3. The molecule has 1 aromatic carbocycles. The van der Waals surface area contributed by atoms with Crippen LogP contribution in [0.15, 0.2) is 18.2 Å². The highest BCUT2D eigenvalue weighted by Crippen LogP contribution is 2.31. The van der Waals surface area contributed by atoms with E-state index in [4.69, 9.17) is 40.4 Å². The molecule has 1 unspecified atom stereocenters. The predicted molar refractivity (Wildman–Crippen MR) is 158 cm³/mol. The van der Waals surface area contributed by atoms with Crippen molar-refractivity contribution in [3.05, 3.63) is 45.2 Å². The van der Waals surface area contributed by atoms with Crippen LogP contribution in [0.2, 0.25) is 10.2 Å². The van der Waals surface area contributed by atoms with Gasteiger partial charge >= 0.3 is 0 Å². The number of aromatic nitrogens is 2. The molecule has 0 saturated carbocycles. The zero-order valence-corrected chi connectivity index (χ0v) is 24.8. The minimum absolute atomic E-state index is 0.0252. The van der Waals surface area contributed by atoms with Crippen molar-refractivity contribution in [2.75, 3.05) is 43.4 Å². The molecule has 0 spiro atoms. The highest BCUT2D eigenvalue weighted by molar-refractivity contribution is 6.32. The molecule has 7 N–H and O–H groups in total. The fraction of sp³-hybridized carbons (Fsp3) is 0.519. The van der Waals surface area contributed by atoms with Crippen LogP contribution < -0.4 is 27.4 Å². The van der Waals surface area contributed by atoms with E-state index in [0.717, 1.165) is 44.5 Å². The number of piperazine rings is 1. The van der Waals surface area contributed by atoms with Crippen molar-refractivity contribution in [1.29, 1.82) is 0 Å². The Kier molecular flexibility index (Phi) is 9.90. The maximum absolute atomic E-state index is 12.2. The van der Waals surface area contributed by atoms with Crippen molar-refractivity contribution < 1.29 is 14.4 Å². The van der Waals surface area contributed by atoms with E-state index in [9.17, 15) is 14.4 Å². The number of benzene rings is 1. The highest BCUT2D eigenvalue weighted by atomic mass is 35.5. The Morgan fingerprint density at radius 3 is 2.41 bits per heavy atom. The van der Waals surface area contributed by atoms with Gasteiger partial charge in [-0.3, -0.25) is 24.2 Å². The molecule has 41 heavy (non-hydrogen) atoms. The van der Waals surface area contributed by atoms with Crippen LogP contribution in [0, 0.1) is 0 Å². The highest BCUT2D eigenvalue weighted by Gasteiger charge is 2.35. The monoisotopic (exact) mass is 605 g/mol. The van der Waals surface area contributed by atoms with Crippen LogP contribution in [0.25, 0.3) is 0 Å². The first kappa shape index (κ1) is 30.8. The third kappa shape index (κ3) is 7.18. The van der Waals surface area contributed by atoms with Gasteiger partial charge in [-0.2, -0.15) is 0 Å². The second kappa shape index (κ2) is 13.2. The quantitative estimate of drug-likeness (QED) is 0.331. The molecule has 0 aliphatic carbocycles. The molecule has 2 aromatic rings. The van der Waals surface area contributed by atoms with Crippen molar-refractivity contribution in [2.24, 2.45) is 11.5 Å². The first-order valence-corrected chi connectivity index (χ1v) is 14.4. The molecular formula is C27H37Cl2N9O3. The number of amides is 3. The van der Waals surface area contributed by atoms with Crippen LogP contribution in [0.4, 0.5) is 11.6 Å². The molecular weight excluding hydrogens is 569 g/mol. The number of nitrogens with zero attached hydrogens (tertiary/aromatic N) is 5. The van der Waals surface area contributed by atoms with Gasteiger partial charge in [-0.1, -0.05) is 36.2 Å². The first-order chi connectivity index (χ1) is 19.5. The molecule has 2 saturated heterocycles. The maximum atomic E-state index is 12.2. The number of halogens is 2. The van der Waals surface area contributed by atoms with Crippen LogP contribution in [-0.4, -0.2) is 82.3 Å². The zero-order valence-electron chi connectivity index (χ0n) is 23.3. The fourth-order valence-electron chi connectivity index (χ4n) is 5.84. The summed E-state index contributed by atoms with van der Waals surface area (Å²) < 4.78 is 0. The smallest absolute Gasteiger partial charge is 0.271 e. The van der Waals surface area contributed by atoms with Gasteiger partial charge < -0.3 is 27.4 Å².